The van der Waals surface area contributed by atoms with Gasteiger partial charge in [0.1, 0.15) is 12.3 Å². The maximum Gasteiger partial charge on any atom is 0.324 e. The molecule has 6 nitrogen and oxygen atoms in total. The van der Waals surface area contributed by atoms with Crippen LogP contribution in [0, 0.1) is 0 Å². The van der Waals surface area contributed by atoms with Gasteiger partial charge in [-0.2, -0.15) is 0 Å². The average Bonchev–Trinajstić information content (AvgIpc) is 2.54. The van der Waals surface area contributed by atoms with Gasteiger partial charge in [0.05, 0.1) is 17.2 Å². The van der Waals surface area contributed by atoms with Crippen molar-refractivity contribution in [3.05, 3.63) is 53.0 Å². The zero-order valence-corrected chi connectivity index (χ0v) is 15.2. The van der Waals surface area contributed by atoms with Gasteiger partial charge in [-0.3, -0.25) is 9.10 Å². The Morgan fingerprint density at radius 1 is 1.12 bits per heavy atom. The lowest BCUT2D eigenvalue weighted by Crippen LogP contribution is -2.35. The van der Waals surface area contributed by atoms with Crippen LogP contribution in [-0.2, 0) is 14.8 Å². The van der Waals surface area contributed by atoms with E-state index in [9.17, 15) is 13.2 Å². The number of sulfonamides is 1. The molecule has 0 aliphatic rings. The van der Waals surface area contributed by atoms with E-state index < -0.39 is 22.5 Å². The van der Waals surface area contributed by atoms with E-state index in [1.807, 2.05) is 6.92 Å². The number of carboxylic acids is 1. The predicted octanol–water partition coefficient (Wildman–Crippen LogP) is 3.13. The molecule has 2 aromatic carbocycles. The lowest BCUT2D eigenvalue weighted by atomic mass is 10.3. The summed E-state index contributed by atoms with van der Waals surface area (Å²) < 4.78 is 32.5. The number of anilines is 1. The molecule has 0 spiro atoms. The smallest absolute Gasteiger partial charge is 0.324 e. The van der Waals surface area contributed by atoms with Gasteiger partial charge in [-0.15, -0.1) is 0 Å². The van der Waals surface area contributed by atoms with Crippen LogP contribution in [0.5, 0.6) is 5.75 Å². The van der Waals surface area contributed by atoms with E-state index in [4.69, 9.17) is 9.84 Å². The van der Waals surface area contributed by atoms with Gasteiger partial charge in [0.25, 0.3) is 10.0 Å². The molecule has 8 heteroatoms. The second-order valence-corrected chi connectivity index (χ2v) is 7.56. The molecule has 128 valence electrons. The number of hydrogen-bond acceptors (Lipinski definition) is 4. The maximum absolute atomic E-state index is 12.8. The summed E-state index contributed by atoms with van der Waals surface area (Å²) in [6, 6.07) is 12.3. The summed E-state index contributed by atoms with van der Waals surface area (Å²) in [6.07, 6.45) is 0. The van der Waals surface area contributed by atoms with Crippen LogP contribution in [0.2, 0.25) is 0 Å². The first-order valence-corrected chi connectivity index (χ1v) is 9.31. The minimum Gasteiger partial charge on any atom is -0.494 e. The van der Waals surface area contributed by atoms with Gasteiger partial charge < -0.3 is 9.84 Å². The Hall–Kier alpha value is -2.06. The third-order valence-electron chi connectivity index (χ3n) is 3.12. The van der Waals surface area contributed by atoms with Gasteiger partial charge in [-0.05, 0) is 55.5 Å². The summed E-state index contributed by atoms with van der Waals surface area (Å²) in [5, 5.41) is 9.10. The first-order chi connectivity index (χ1) is 11.3. The monoisotopic (exact) mass is 413 g/mol. The second-order valence-electron chi connectivity index (χ2n) is 4.79. The summed E-state index contributed by atoms with van der Waals surface area (Å²) in [5.41, 5.74) is 0.253. The van der Waals surface area contributed by atoms with Gasteiger partial charge in [0.15, 0.2) is 0 Å². The first-order valence-electron chi connectivity index (χ1n) is 7.07. The minimum atomic E-state index is -4.00. The zero-order chi connectivity index (χ0) is 17.7. The topological polar surface area (TPSA) is 83.9 Å². The van der Waals surface area contributed by atoms with Crippen molar-refractivity contribution in [2.75, 3.05) is 17.5 Å². The Morgan fingerprint density at radius 3 is 2.21 bits per heavy atom. The molecule has 0 fully saturated rings. The molecule has 0 atom stereocenters. The molecule has 0 heterocycles. The molecular formula is C16H16BrNO5S. The van der Waals surface area contributed by atoms with E-state index in [0.29, 0.717) is 12.4 Å². The summed E-state index contributed by atoms with van der Waals surface area (Å²) in [4.78, 5) is 11.2. The third kappa shape index (κ3) is 4.27. The molecule has 0 bridgehead atoms. The fourth-order valence-corrected chi connectivity index (χ4v) is 3.73. The fraction of sp³-hybridized carbons (Fsp3) is 0.188. The van der Waals surface area contributed by atoms with E-state index in [2.05, 4.69) is 15.9 Å². The van der Waals surface area contributed by atoms with Gasteiger partial charge in [0, 0.05) is 4.47 Å². The molecule has 0 saturated carbocycles. The highest BCUT2D eigenvalue weighted by Gasteiger charge is 2.27. The van der Waals surface area contributed by atoms with E-state index in [-0.39, 0.29) is 10.6 Å². The van der Waals surface area contributed by atoms with Crippen LogP contribution in [0.1, 0.15) is 6.92 Å². The first kappa shape index (κ1) is 18.3. The Balaban J connectivity index is 2.43. The molecule has 0 radical (unpaired) electrons. The van der Waals surface area contributed by atoms with Crippen LogP contribution in [0.3, 0.4) is 0 Å². The van der Waals surface area contributed by atoms with Crippen molar-refractivity contribution >= 4 is 37.6 Å². The number of carbonyl (C=O) groups is 1. The SMILES string of the molecule is CCOc1ccc(N(CC(=O)O)S(=O)(=O)c2ccc(Br)cc2)cc1. The van der Waals surface area contributed by atoms with Gasteiger partial charge in [-0.1, -0.05) is 15.9 Å². The van der Waals surface area contributed by atoms with E-state index in [1.54, 1.807) is 24.3 Å². The molecular weight excluding hydrogens is 398 g/mol. The van der Waals surface area contributed by atoms with Crippen LogP contribution < -0.4 is 9.04 Å². The van der Waals surface area contributed by atoms with Crippen molar-refractivity contribution in [1.29, 1.82) is 0 Å². The van der Waals surface area contributed by atoms with Crippen LogP contribution in [0.4, 0.5) is 5.69 Å². The van der Waals surface area contributed by atoms with Crippen LogP contribution in [0.15, 0.2) is 57.9 Å². The fourth-order valence-electron chi connectivity index (χ4n) is 2.05. The van der Waals surface area contributed by atoms with Crippen molar-refractivity contribution in [2.45, 2.75) is 11.8 Å². The highest BCUT2D eigenvalue weighted by molar-refractivity contribution is 9.10. The average molecular weight is 414 g/mol. The summed E-state index contributed by atoms with van der Waals surface area (Å²) in [5.74, 6) is -0.665. The van der Waals surface area contributed by atoms with E-state index in [0.717, 1.165) is 8.78 Å². The number of halogens is 1. The lowest BCUT2D eigenvalue weighted by Gasteiger charge is -2.23. The van der Waals surface area contributed by atoms with Gasteiger partial charge >= 0.3 is 5.97 Å². The highest BCUT2D eigenvalue weighted by Crippen LogP contribution is 2.26. The van der Waals surface area contributed by atoms with E-state index in [1.165, 1.54) is 24.3 Å². The number of aliphatic carboxylic acids is 1. The molecule has 1 N–H and O–H groups in total. The summed E-state index contributed by atoms with van der Waals surface area (Å²) >= 11 is 3.24. The second kappa shape index (κ2) is 7.67. The van der Waals surface area contributed by atoms with E-state index >= 15 is 0 Å². The number of nitrogens with zero attached hydrogens (tertiary/aromatic N) is 1. The normalized spacial score (nSPS) is 11.1. The Morgan fingerprint density at radius 2 is 1.71 bits per heavy atom. The van der Waals surface area contributed by atoms with Gasteiger partial charge in [-0.25, -0.2) is 8.42 Å². The quantitative estimate of drug-likeness (QED) is 0.753. The lowest BCUT2D eigenvalue weighted by molar-refractivity contribution is -0.135. The molecule has 0 aliphatic heterocycles. The molecule has 2 rings (SSSR count). The maximum atomic E-state index is 12.8. The molecule has 24 heavy (non-hydrogen) atoms. The summed E-state index contributed by atoms with van der Waals surface area (Å²) in [6.45, 7) is 1.64. The van der Waals surface area contributed by atoms with Crippen molar-refractivity contribution in [2.24, 2.45) is 0 Å². The predicted molar refractivity (Wildman–Crippen MR) is 93.9 cm³/mol. The molecule has 2 aromatic rings. The number of hydrogen-bond donors (Lipinski definition) is 1. The van der Waals surface area contributed by atoms with Crippen LogP contribution in [0.25, 0.3) is 0 Å². The number of rotatable bonds is 7. The molecule has 0 unspecified atom stereocenters. The molecule has 0 aromatic heterocycles. The molecule has 0 aliphatic carbocycles. The van der Waals surface area contributed by atoms with Crippen LogP contribution >= 0.6 is 15.9 Å². The van der Waals surface area contributed by atoms with Crippen molar-refractivity contribution in [3.63, 3.8) is 0 Å². The largest absolute Gasteiger partial charge is 0.494 e. The Labute approximate surface area is 148 Å². The zero-order valence-electron chi connectivity index (χ0n) is 12.8. The highest BCUT2D eigenvalue weighted by atomic mass is 79.9. The number of ether oxygens (including phenoxy) is 1. The summed E-state index contributed by atoms with van der Waals surface area (Å²) in [7, 11) is -4.00. The van der Waals surface area contributed by atoms with Crippen molar-refractivity contribution in [3.8, 4) is 5.75 Å². The molecule has 0 saturated heterocycles. The molecule has 0 amide bonds. The van der Waals surface area contributed by atoms with Gasteiger partial charge in [0.2, 0.25) is 0 Å². The number of benzene rings is 2. The standard InChI is InChI=1S/C16H16BrNO5S/c1-2-23-14-7-5-13(6-8-14)18(11-16(19)20)24(21,22)15-9-3-12(17)4-10-15/h3-10H,2,11H2,1H3,(H,19,20). The van der Waals surface area contributed by atoms with Crippen molar-refractivity contribution < 1.29 is 23.1 Å². The van der Waals surface area contributed by atoms with Crippen molar-refractivity contribution in [1.82, 2.24) is 0 Å². The minimum absolute atomic E-state index is 0.0147. The van der Waals surface area contributed by atoms with Crippen LogP contribution in [-0.4, -0.2) is 32.6 Å². The number of carboxylic acid groups (broad SMARTS) is 1. The Kier molecular flexibility index (Phi) is 5.84. The Bertz CT molecular complexity index is 803. The third-order valence-corrected chi connectivity index (χ3v) is 5.43.